The number of hydrogen-bond donors (Lipinski definition) is 1. The topological polar surface area (TPSA) is 42.0 Å². The number of hydrogen-bond acceptors (Lipinski definition) is 2. The van der Waals surface area contributed by atoms with E-state index in [9.17, 15) is 9.18 Å². The molecule has 0 unspecified atom stereocenters. The summed E-state index contributed by atoms with van der Waals surface area (Å²) in [4.78, 5) is 15.5. The van der Waals surface area contributed by atoms with Crippen LogP contribution in [-0.2, 0) is 0 Å². The van der Waals surface area contributed by atoms with Crippen LogP contribution >= 0.6 is 0 Å². The Balaban J connectivity index is 1.87. The summed E-state index contributed by atoms with van der Waals surface area (Å²) in [5.74, 6) is -1.10. The number of halogens is 1. The van der Waals surface area contributed by atoms with E-state index in [2.05, 4.69) is 10.3 Å². The second-order valence-electron chi connectivity index (χ2n) is 4.36. The van der Waals surface area contributed by atoms with Crippen LogP contribution in [0.5, 0.6) is 0 Å². The van der Waals surface area contributed by atoms with Crippen LogP contribution in [-0.4, -0.2) is 10.9 Å². The molecule has 1 aromatic heterocycles. The van der Waals surface area contributed by atoms with Gasteiger partial charge in [-0.3, -0.25) is 4.79 Å². The molecule has 0 spiro atoms. The van der Waals surface area contributed by atoms with Crippen molar-refractivity contribution in [1.82, 2.24) is 4.98 Å². The molecule has 0 fully saturated rings. The molecule has 1 heterocycles. The highest BCUT2D eigenvalue weighted by molar-refractivity contribution is 6.03. The molecule has 0 bridgehead atoms. The summed E-state index contributed by atoms with van der Waals surface area (Å²) in [5, 5.41) is 4.83. The van der Waals surface area contributed by atoms with Gasteiger partial charge in [0.25, 0.3) is 5.91 Å². The maximum absolute atomic E-state index is 13.0. The highest BCUT2D eigenvalue weighted by atomic mass is 19.1. The summed E-state index contributed by atoms with van der Waals surface area (Å²) in [5.41, 5.74) is 0.706. The van der Waals surface area contributed by atoms with Gasteiger partial charge in [-0.25, -0.2) is 4.98 Å². The molecule has 2 aromatic carbocycles. The Hall–Kier alpha value is -2.75. The largest absolute Gasteiger partial charge is 0.321 e. The maximum atomic E-state index is 13.0. The quantitative estimate of drug-likeness (QED) is 0.720. The lowest BCUT2D eigenvalue weighted by molar-refractivity contribution is 0.102. The first-order valence-corrected chi connectivity index (χ1v) is 6.15. The van der Waals surface area contributed by atoms with Crippen LogP contribution in [0, 0.1) is 5.95 Å². The zero-order valence-electron chi connectivity index (χ0n) is 10.5. The van der Waals surface area contributed by atoms with Gasteiger partial charge in [-0.05, 0) is 35.0 Å². The number of aromatic nitrogens is 1. The standard InChI is InChI=1S/C16H11FN2O/c17-15-7-3-6-14(19-15)16(20)18-13-9-8-11-4-1-2-5-12(11)10-13/h1-10H,(H,18,20). The molecule has 4 heteroatoms. The van der Waals surface area contributed by atoms with Crippen LogP contribution in [0.3, 0.4) is 0 Å². The molecule has 3 nitrogen and oxygen atoms in total. The van der Waals surface area contributed by atoms with Gasteiger partial charge in [-0.15, -0.1) is 0 Å². The monoisotopic (exact) mass is 266 g/mol. The number of benzene rings is 2. The summed E-state index contributed by atoms with van der Waals surface area (Å²) < 4.78 is 13.0. The Kier molecular flexibility index (Phi) is 3.13. The zero-order valence-corrected chi connectivity index (χ0v) is 10.5. The number of amides is 1. The van der Waals surface area contributed by atoms with Gasteiger partial charge in [-0.1, -0.05) is 36.4 Å². The number of anilines is 1. The van der Waals surface area contributed by atoms with Crippen LogP contribution < -0.4 is 5.32 Å². The van der Waals surface area contributed by atoms with Crippen LogP contribution in [0.2, 0.25) is 0 Å². The van der Waals surface area contributed by atoms with Gasteiger partial charge in [0.1, 0.15) is 5.69 Å². The van der Waals surface area contributed by atoms with E-state index in [4.69, 9.17) is 0 Å². The van der Waals surface area contributed by atoms with Crippen molar-refractivity contribution in [2.45, 2.75) is 0 Å². The minimum absolute atomic E-state index is 0.0539. The SMILES string of the molecule is O=C(Nc1ccc2ccccc2c1)c1cccc(F)n1. The number of carbonyl (C=O) groups excluding carboxylic acids is 1. The number of nitrogens with one attached hydrogen (secondary N) is 1. The van der Waals surface area contributed by atoms with Crippen molar-refractivity contribution in [3.05, 3.63) is 72.3 Å². The number of nitrogens with zero attached hydrogens (tertiary/aromatic N) is 1. The minimum atomic E-state index is -0.670. The number of carbonyl (C=O) groups is 1. The zero-order chi connectivity index (χ0) is 13.9. The molecule has 0 saturated carbocycles. The summed E-state index contributed by atoms with van der Waals surface area (Å²) in [6, 6.07) is 17.6. The van der Waals surface area contributed by atoms with Gasteiger partial charge in [0.2, 0.25) is 5.95 Å². The van der Waals surface area contributed by atoms with Gasteiger partial charge in [0.05, 0.1) is 0 Å². The lowest BCUT2D eigenvalue weighted by Crippen LogP contribution is -2.14. The van der Waals surface area contributed by atoms with E-state index < -0.39 is 11.9 Å². The van der Waals surface area contributed by atoms with E-state index in [0.29, 0.717) is 5.69 Å². The third-order valence-electron chi connectivity index (χ3n) is 2.96. The minimum Gasteiger partial charge on any atom is -0.321 e. The van der Waals surface area contributed by atoms with Crippen LogP contribution in [0.25, 0.3) is 10.8 Å². The molecule has 98 valence electrons. The molecule has 0 aliphatic rings. The molecule has 0 atom stereocenters. The fourth-order valence-electron chi connectivity index (χ4n) is 2.00. The van der Waals surface area contributed by atoms with E-state index >= 15 is 0 Å². The van der Waals surface area contributed by atoms with Crippen LogP contribution in [0.4, 0.5) is 10.1 Å². The number of fused-ring (bicyclic) bond motifs is 1. The maximum Gasteiger partial charge on any atom is 0.274 e. The van der Waals surface area contributed by atoms with Crippen molar-refractivity contribution in [2.24, 2.45) is 0 Å². The first-order chi connectivity index (χ1) is 9.72. The smallest absolute Gasteiger partial charge is 0.274 e. The predicted molar refractivity (Wildman–Crippen MR) is 76.1 cm³/mol. The Morgan fingerprint density at radius 1 is 0.950 bits per heavy atom. The number of pyridine rings is 1. The van der Waals surface area contributed by atoms with E-state index in [-0.39, 0.29) is 5.69 Å². The van der Waals surface area contributed by atoms with Gasteiger partial charge < -0.3 is 5.32 Å². The van der Waals surface area contributed by atoms with Crippen molar-refractivity contribution >= 4 is 22.4 Å². The Morgan fingerprint density at radius 3 is 2.55 bits per heavy atom. The summed E-state index contributed by atoms with van der Waals surface area (Å²) in [6.45, 7) is 0. The second-order valence-corrected chi connectivity index (χ2v) is 4.36. The Labute approximate surface area is 115 Å². The lowest BCUT2D eigenvalue weighted by Gasteiger charge is -2.06. The highest BCUT2D eigenvalue weighted by Crippen LogP contribution is 2.19. The number of rotatable bonds is 2. The Morgan fingerprint density at radius 2 is 1.75 bits per heavy atom. The van der Waals surface area contributed by atoms with E-state index in [1.807, 2.05) is 36.4 Å². The van der Waals surface area contributed by atoms with Crippen molar-refractivity contribution in [1.29, 1.82) is 0 Å². The predicted octanol–water partition coefficient (Wildman–Crippen LogP) is 3.63. The third kappa shape index (κ3) is 2.49. The summed E-state index contributed by atoms with van der Waals surface area (Å²) >= 11 is 0. The molecule has 3 rings (SSSR count). The van der Waals surface area contributed by atoms with Gasteiger partial charge in [0.15, 0.2) is 0 Å². The molecule has 3 aromatic rings. The lowest BCUT2D eigenvalue weighted by atomic mass is 10.1. The molecule has 1 amide bonds. The van der Waals surface area contributed by atoms with E-state index in [1.165, 1.54) is 18.2 Å². The van der Waals surface area contributed by atoms with Crippen molar-refractivity contribution < 1.29 is 9.18 Å². The Bertz CT molecular complexity index is 786. The summed E-state index contributed by atoms with van der Waals surface area (Å²) in [6.07, 6.45) is 0. The van der Waals surface area contributed by atoms with E-state index in [1.54, 1.807) is 6.07 Å². The van der Waals surface area contributed by atoms with Crippen molar-refractivity contribution in [3.63, 3.8) is 0 Å². The van der Waals surface area contributed by atoms with Gasteiger partial charge in [-0.2, -0.15) is 4.39 Å². The highest BCUT2D eigenvalue weighted by Gasteiger charge is 2.08. The van der Waals surface area contributed by atoms with E-state index in [0.717, 1.165) is 10.8 Å². The van der Waals surface area contributed by atoms with Gasteiger partial charge in [0, 0.05) is 5.69 Å². The first-order valence-electron chi connectivity index (χ1n) is 6.15. The van der Waals surface area contributed by atoms with Crippen LogP contribution in [0.15, 0.2) is 60.7 Å². The van der Waals surface area contributed by atoms with Crippen molar-refractivity contribution in [2.75, 3.05) is 5.32 Å². The van der Waals surface area contributed by atoms with Gasteiger partial charge >= 0.3 is 0 Å². The second kappa shape index (κ2) is 5.09. The van der Waals surface area contributed by atoms with Crippen LogP contribution in [0.1, 0.15) is 10.5 Å². The molecule has 20 heavy (non-hydrogen) atoms. The average Bonchev–Trinajstić information content (AvgIpc) is 2.47. The average molecular weight is 266 g/mol. The molecule has 0 aliphatic carbocycles. The molecular formula is C16H11FN2O. The molecule has 0 saturated heterocycles. The molecular weight excluding hydrogens is 255 g/mol. The fourth-order valence-corrected chi connectivity index (χ4v) is 2.00. The molecule has 1 N–H and O–H groups in total. The van der Waals surface area contributed by atoms with Crippen molar-refractivity contribution in [3.8, 4) is 0 Å². The normalized spacial score (nSPS) is 10.4. The first kappa shape index (κ1) is 12.3. The summed E-state index contributed by atoms with van der Waals surface area (Å²) in [7, 11) is 0. The molecule has 0 aliphatic heterocycles. The third-order valence-corrected chi connectivity index (χ3v) is 2.96. The fraction of sp³-hybridized carbons (Fsp3) is 0. The molecule has 0 radical (unpaired) electrons.